The molecule has 1 aromatic carbocycles. The van der Waals surface area contributed by atoms with Gasteiger partial charge in [0.15, 0.2) is 0 Å². The van der Waals surface area contributed by atoms with Crippen molar-refractivity contribution in [3.8, 4) is 0 Å². The number of sulfonamides is 1. The second-order valence-electron chi connectivity index (χ2n) is 5.71. The summed E-state index contributed by atoms with van der Waals surface area (Å²) >= 11 is 0. The molecule has 1 aliphatic heterocycles. The van der Waals surface area contributed by atoms with E-state index in [4.69, 9.17) is 4.74 Å². The van der Waals surface area contributed by atoms with Crippen molar-refractivity contribution in [2.45, 2.75) is 36.9 Å². The highest BCUT2D eigenvalue weighted by Gasteiger charge is 2.37. The fourth-order valence-electron chi connectivity index (χ4n) is 2.65. The molecule has 0 radical (unpaired) electrons. The number of hydrogen-bond acceptors (Lipinski definition) is 4. The molecule has 1 fully saturated rings. The number of alkyl halides is 3. The van der Waals surface area contributed by atoms with Crippen molar-refractivity contribution >= 4 is 16.1 Å². The molecule has 146 valence electrons. The molecule has 0 saturated carbocycles. The summed E-state index contributed by atoms with van der Waals surface area (Å²) in [6, 6.07) is 1.03. The number of amides is 1. The van der Waals surface area contributed by atoms with E-state index in [1.165, 1.54) is 0 Å². The summed E-state index contributed by atoms with van der Waals surface area (Å²) < 4.78 is 82.8. The van der Waals surface area contributed by atoms with E-state index < -0.39 is 44.6 Å². The number of carbonyl (C=O) groups excluding carboxylic acids is 1. The molecule has 0 bridgehead atoms. The maximum atomic E-state index is 13.4. The van der Waals surface area contributed by atoms with Gasteiger partial charge in [-0.25, -0.2) is 17.6 Å². The standard InChI is InChI=1S/C15H18F4N2O4S/c1-2-25-14(22)20-10-4-3-7-21(9-10)26(23,24)11-5-6-13(16)12(8-11)15(17,18)19/h5-6,8,10H,2-4,7,9H2,1H3,(H,20,22)/t10-/m1/s1. The highest BCUT2D eigenvalue weighted by atomic mass is 32.2. The van der Waals surface area contributed by atoms with Crippen molar-refractivity contribution in [2.75, 3.05) is 19.7 Å². The SMILES string of the molecule is CCOC(=O)N[C@@H]1CCCN(S(=O)(=O)c2ccc(F)c(C(F)(F)F)c2)C1. The molecule has 1 amide bonds. The van der Waals surface area contributed by atoms with E-state index in [1.54, 1.807) is 6.92 Å². The third-order valence-electron chi connectivity index (χ3n) is 3.86. The van der Waals surface area contributed by atoms with Gasteiger partial charge < -0.3 is 10.1 Å². The Morgan fingerprint density at radius 1 is 1.38 bits per heavy atom. The number of piperidine rings is 1. The van der Waals surface area contributed by atoms with Crippen molar-refractivity contribution in [2.24, 2.45) is 0 Å². The van der Waals surface area contributed by atoms with Crippen LogP contribution in [0.2, 0.25) is 0 Å². The fraction of sp³-hybridized carbons (Fsp3) is 0.533. The Kier molecular flexibility index (Phi) is 6.12. The first kappa shape index (κ1) is 20.4. The molecule has 0 aromatic heterocycles. The number of carbonyl (C=O) groups is 1. The minimum atomic E-state index is -5.01. The van der Waals surface area contributed by atoms with Crippen LogP contribution in [-0.2, 0) is 20.9 Å². The van der Waals surface area contributed by atoms with Crippen LogP contribution >= 0.6 is 0 Å². The lowest BCUT2D eigenvalue weighted by molar-refractivity contribution is -0.140. The lowest BCUT2D eigenvalue weighted by atomic mass is 10.1. The van der Waals surface area contributed by atoms with Gasteiger partial charge in [0.2, 0.25) is 10.0 Å². The Labute approximate surface area is 148 Å². The molecule has 1 N–H and O–H groups in total. The largest absolute Gasteiger partial charge is 0.450 e. The molecule has 26 heavy (non-hydrogen) atoms. The van der Waals surface area contributed by atoms with Crippen LogP contribution in [0.3, 0.4) is 0 Å². The predicted molar refractivity (Wildman–Crippen MR) is 83.3 cm³/mol. The van der Waals surface area contributed by atoms with Crippen molar-refractivity contribution < 1.29 is 35.5 Å². The summed E-state index contributed by atoms with van der Waals surface area (Å²) in [6.45, 7) is 1.74. The monoisotopic (exact) mass is 398 g/mol. The zero-order valence-corrected chi connectivity index (χ0v) is 14.7. The predicted octanol–water partition coefficient (Wildman–Crippen LogP) is 2.74. The summed E-state index contributed by atoms with van der Waals surface area (Å²) in [4.78, 5) is 10.8. The molecule has 0 spiro atoms. The fourth-order valence-corrected chi connectivity index (χ4v) is 4.20. The molecule has 0 aliphatic carbocycles. The number of nitrogens with one attached hydrogen (secondary N) is 1. The van der Waals surface area contributed by atoms with Crippen LogP contribution in [0.5, 0.6) is 0 Å². The zero-order chi connectivity index (χ0) is 19.5. The minimum absolute atomic E-state index is 0.0854. The first-order valence-corrected chi connectivity index (χ1v) is 9.30. The van der Waals surface area contributed by atoms with Gasteiger partial charge in [0.05, 0.1) is 17.1 Å². The lowest BCUT2D eigenvalue weighted by Gasteiger charge is -2.32. The number of halogens is 4. The second-order valence-corrected chi connectivity index (χ2v) is 7.64. The zero-order valence-electron chi connectivity index (χ0n) is 13.8. The average Bonchev–Trinajstić information content (AvgIpc) is 2.54. The molecule has 1 heterocycles. The summed E-state index contributed by atoms with van der Waals surface area (Å²) in [7, 11) is -4.27. The lowest BCUT2D eigenvalue weighted by Crippen LogP contribution is -2.49. The van der Waals surface area contributed by atoms with Crippen molar-refractivity contribution in [1.29, 1.82) is 0 Å². The van der Waals surface area contributed by atoms with Gasteiger partial charge in [-0.15, -0.1) is 0 Å². The molecular weight excluding hydrogens is 380 g/mol. The molecule has 6 nitrogen and oxygen atoms in total. The normalized spacial score (nSPS) is 19.2. The maximum absolute atomic E-state index is 13.4. The number of ether oxygens (including phenoxy) is 1. The van der Waals surface area contributed by atoms with E-state index in [2.05, 4.69) is 5.32 Å². The summed E-state index contributed by atoms with van der Waals surface area (Å²) in [5.74, 6) is -1.54. The molecule has 11 heteroatoms. The van der Waals surface area contributed by atoms with Gasteiger partial charge in [0.1, 0.15) is 5.82 Å². The Hall–Kier alpha value is -1.88. The van der Waals surface area contributed by atoms with Crippen molar-refractivity contribution in [3.63, 3.8) is 0 Å². The number of alkyl carbamates (subject to hydrolysis) is 1. The minimum Gasteiger partial charge on any atom is -0.450 e. The topological polar surface area (TPSA) is 75.7 Å². The molecule has 1 saturated heterocycles. The van der Waals surface area contributed by atoms with Crippen LogP contribution in [0, 0.1) is 5.82 Å². The van der Waals surface area contributed by atoms with E-state index in [-0.39, 0.29) is 25.8 Å². The van der Waals surface area contributed by atoms with Crippen LogP contribution in [0.25, 0.3) is 0 Å². The average molecular weight is 398 g/mol. The Balaban J connectivity index is 2.23. The van der Waals surface area contributed by atoms with Crippen LogP contribution in [0.1, 0.15) is 25.3 Å². The van der Waals surface area contributed by atoms with Crippen molar-refractivity contribution in [3.05, 3.63) is 29.6 Å². The van der Waals surface area contributed by atoms with E-state index >= 15 is 0 Å². The van der Waals surface area contributed by atoms with Crippen LogP contribution in [0.4, 0.5) is 22.4 Å². The van der Waals surface area contributed by atoms with E-state index in [1.807, 2.05) is 0 Å². The van der Waals surface area contributed by atoms with Gasteiger partial charge >= 0.3 is 12.3 Å². The first-order chi connectivity index (χ1) is 12.1. The van der Waals surface area contributed by atoms with E-state index in [0.29, 0.717) is 18.9 Å². The molecule has 1 atom stereocenters. The third-order valence-corrected chi connectivity index (χ3v) is 5.72. The molecule has 2 rings (SSSR count). The highest BCUT2D eigenvalue weighted by Crippen LogP contribution is 2.33. The van der Waals surface area contributed by atoms with E-state index in [0.717, 1.165) is 10.4 Å². The first-order valence-electron chi connectivity index (χ1n) is 7.86. The quantitative estimate of drug-likeness (QED) is 0.792. The number of hydrogen-bond donors (Lipinski definition) is 1. The summed E-state index contributed by atoms with van der Waals surface area (Å²) in [6.07, 6.45) is -4.80. The van der Waals surface area contributed by atoms with Crippen LogP contribution < -0.4 is 5.32 Å². The Morgan fingerprint density at radius 3 is 2.69 bits per heavy atom. The highest BCUT2D eigenvalue weighted by molar-refractivity contribution is 7.89. The third kappa shape index (κ3) is 4.64. The molecule has 0 unspecified atom stereocenters. The smallest absolute Gasteiger partial charge is 0.419 e. The number of rotatable bonds is 4. The Morgan fingerprint density at radius 2 is 2.08 bits per heavy atom. The van der Waals surface area contributed by atoms with Crippen LogP contribution in [0.15, 0.2) is 23.1 Å². The van der Waals surface area contributed by atoms with E-state index in [9.17, 15) is 30.8 Å². The maximum Gasteiger partial charge on any atom is 0.419 e. The summed E-state index contributed by atoms with van der Waals surface area (Å²) in [5.41, 5.74) is -1.64. The van der Waals surface area contributed by atoms with Gasteiger partial charge in [-0.2, -0.15) is 17.5 Å². The molecular formula is C15H18F4N2O4S. The van der Waals surface area contributed by atoms with Gasteiger partial charge in [-0.05, 0) is 38.0 Å². The van der Waals surface area contributed by atoms with Gasteiger partial charge in [-0.3, -0.25) is 0 Å². The number of benzene rings is 1. The molecule has 1 aliphatic rings. The van der Waals surface area contributed by atoms with Crippen LogP contribution in [-0.4, -0.2) is 44.6 Å². The number of nitrogens with zero attached hydrogens (tertiary/aromatic N) is 1. The van der Waals surface area contributed by atoms with Crippen molar-refractivity contribution in [1.82, 2.24) is 9.62 Å². The van der Waals surface area contributed by atoms with Gasteiger partial charge in [0, 0.05) is 19.1 Å². The van der Waals surface area contributed by atoms with Gasteiger partial charge in [-0.1, -0.05) is 0 Å². The Bertz CT molecular complexity index is 767. The second kappa shape index (κ2) is 7.78. The molecule has 1 aromatic rings. The van der Waals surface area contributed by atoms with Gasteiger partial charge in [0.25, 0.3) is 0 Å². The summed E-state index contributed by atoms with van der Waals surface area (Å²) in [5, 5.41) is 2.51.